The maximum atomic E-state index is 13.0. The molecule has 1 amide bonds. The first-order valence-electron chi connectivity index (χ1n) is 7.95. The lowest BCUT2D eigenvalue weighted by Crippen LogP contribution is -2.48. The van der Waals surface area contributed by atoms with Crippen molar-refractivity contribution >= 4 is 22.8 Å². The van der Waals surface area contributed by atoms with Gasteiger partial charge < -0.3 is 14.6 Å². The molecule has 1 saturated heterocycles. The molecule has 1 aromatic heterocycles. The summed E-state index contributed by atoms with van der Waals surface area (Å²) in [5.41, 5.74) is -0.173. The molecule has 2 aromatic rings. The number of carboxylic acids is 1. The fourth-order valence-electron chi connectivity index (χ4n) is 3.35. The van der Waals surface area contributed by atoms with Crippen LogP contribution in [0.3, 0.4) is 0 Å². The molecule has 6 nitrogen and oxygen atoms in total. The first kappa shape index (κ1) is 16.2. The van der Waals surface area contributed by atoms with E-state index < -0.39 is 11.4 Å². The second-order valence-electron chi connectivity index (χ2n) is 6.67. The van der Waals surface area contributed by atoms with Crippen LogP contribution in [0.1, 0.15) is 30.1 Å². The predicted octanol–water partition coefficient (Wildman–Crippen LogP) is 1.87. The lowest BCUT2D eigenvalue weighted by molar-refractivity contribution is -0.150. The van der Waals surface area contributed by atoms with E-state index in [1.807, 2.05) is 18.2 Å². The number of rotatable bonds is 2. The quantitative estimate of drug-likeness (QED) is 0.912. The summed E-state index contributed by atoms with van der Waals surface area (Å²) in [6.07, 6.45) is 1.18. The van der Waals surface area contributed by atoms with Gasteiger partial charge in [-0.2, -0.15) is 0 Å². The summed E-state index contributed by atoms with van der Waals surface area (Å²) in [6, 6.07) is 8.59. The molecule has 1 unspecified atom stereocenters. The smallest absolute Gasteiger partial charge is 0.311 e. The van der Waals surface area contributed by atoms with E-state index in [9.17, 15) is 19.5 Å². The Labute approximate surface area is 139 Å². The average Bonchev–Trinajstić information content (AvgIpc) is 2.57. The van der Waals surface area contributed by atoms with Gasteiger partial charge >= 0.3 is 5.97 Å². The van der Waals surface area contributed by atoms with Crippen LogP contribution in [-0.4, -0.2) is 39.5 Å². The number of aromatic nitrogens is 1. The Balaban J connectivity index is 2.05. The molecule has 1 atom stereocenters. The van der Waals surface area contributed by atoms with Crippen LogP contribution in [-0.2, 0) is 11.8 Å². The van der Waals surface area contributed by atoms with Crippen molar-refractivity contribution in [3.63, 3.8) is 0 Å². The highest BCUT2D eigenvalue weighted by molar-refractivity contribution is 6.06. The zero-order valence-corrected chi connectivity index (χ0v) is 13.8. The van der Waals surface area contributed by atoms with Crippen molar-refractivity contribution in [2.24, 2.45) is 12.5 Å². The first-order chi connectivity index (χ1) is 11.3. The third-order valence-corrected chi connectivity index (χ3v) is 4.88. The molecule has 1 aliphatic rings. The van der Waals surface area contributed by atoms with Crippen LogP contribution >= 0.6 is 0 Å². The number of likely N-dealkylation sites (tertiary alicyclic amines) is 1. The molecule has 1 aliphatic heterocycles. The molecule has 0 aliphatic carbocycles. The standard InChI is InChI=1S/C18H20N2O4/c1-18(17(23)24)8-5-9-20(11-18)16(22)13-10-15(21)19(2)14-7-4-3-6-12(13)14/h3-4,6-7,10H,5,8-9,11H2,1-2H3,(H,23,24). The number of nitrogens with zero attached hydrogens (tertiary/aromatic N) is 2. The molecular weight excluding hydrogens is 308 g/mol. The second-order valence-corrected chi connectivity index (χ2v) is 6.67. The Morgan fingerprint density at radius 1 is 1.25 bits per heavy atom. The van der Waals surface area contributed by atoms with Crippen molar-refractivity contribution in [1.82, 2.24) is 9.47 Å². The highest BCUT2D eigenvalue weighted by Gasteiger charge is 2.39. The van der Waals surface area contributed by atoms with Gasteiger partial charge in [-0.05, 0) is 25.8 Å². The van der Waals surface area contributed by atoms with Gasteiger partial charge in [-0.1, -0.05) is 18.2 Å². The molecule has 24 heavy (non-hydrogen) atoms. The molecule has 0 saturated carbocycles. The molecule has 1 N–H and O–H groups in total. The van der Waals surface area contributed by atoms with Gasteiger partial charge in [-0.25, -0.2) is 0 Å². The first-order valence-corrected chi connectivity index (χ1v) is 7.95. The number of amides is 1. The predicted molar refractivity (Wildman–Crippen MR) is 90.1 cm³/mol. The molecule has 3 rings (SSSR count). The highest BCUT2D eigenvalue weighted by Crippen LogP contribution is 2.31. The number of aliphatic carboxylic acids is 1. The number of pyridine rings is 1. The molecule has 0 spiro atoms. The largest absolute Gasteiger partial charge is 0.481 e. The van der Waals surface area contributed by atoms with Crippen molar-refractivity contribution < 1.29 is 14.7 Å². The van der Waals surface area contributed by atoms with E-state index in [1.54, 1.807) is 24.9 Å². The van der Waals surface area contributed by atoms with Crippen molar-refractivity contribution in [2.45, 2.75) is 19.8 Å². The zero-order chi connectivity index (χ0) is 17.5. The average molecular weight is 328 g/mol. The summed E-state index contributed by atoms with van der Waals surface area (Å²) >= 11 is 0. The monoisotopic (exact) mass is 328 g/mol. The molecule has 1 aromatic carbocycles. The number of hydrogen-bond donors (Lipinski definition) is 1. The topological polar surface area (TPSA) is 79.6 Å². The highest BCUT2D eigenvalue weighted by atomic mass is 16.4. The van der Waals surface area contributed by atoms with Gasteiger partial charge in [0.1, 0.15) is 0 Å². The number of piperidine rings is 1. The van der Waals surface area contributed by atoms with Gasteiger partial charge in [0, 0.05) is 31.6 Å². The van der Waals surface area contributed by atoms with Crippen LogP contribution in [0.2, 0.25) is 0 Å². The fraction of sp³-hybridized carbons (Fsp3) is 0.389. The summed E-state index contributed by atoms with van der Waals surface area (Å²) in [7, 11) is 1.67. The van der Waals surface area contributed by atoms with Crippen LogP contribution in [0.25, 0.3) is 10.9 Å². The minimum absolute atomic E-state index is 0.157. The van der Waals surface area contributed by atoms with Gasteiger partial charge in [0.25, 0.3) is 11.5 Å². The van der Waals surface area contributed by atoms with E-state index in [1.165, 1.54) is 10.6 Å². The van der Waals surface area contributed by atoms with Gasteiger partial charge in [0.05, 0.1) is 16.5 Å². The van der Waals surface area contributed by atoms with Crippen LogP contribution in [0.15, 0.2) is 35.1 Å². The number of carbonyl (C=O) groups is 2. The Hall–Kier alpha value is -2.63. The summed E-state index contributed by atoms with van der Waals surface area (Å²) < 4.78 is 1.50. The van der Waals surface area contributed by atoms with E-state index in [4.69, 9.17) is 0 Å². The van der Waals surface area contributed by atoms with Crippen LogP contribution in [0.4, 0.5) is 0 Å². The van der Waals surface area contributed by atoms with Crippen LogP contribution in [0, 0.1) is 5.41 Å². The van der Waals surface area contributed by atoms with E-state index >= 15 is 0 Å². The van der Waals surface area contributed by atoms with Gasteiger partial charge in [-0.3, -0.25) is 14.4 Å². The number of carbonyl (C=O) groups excluding carboxylic acids is 1. The van der Waals surface area contributed by atoms with E-state index in [2.05, 4.69) is 0 Å². The third kappa shape index (κ3) is 2.58. The lowest BCUT2D eigenvalue weighted by atomic mass is 9.82. The minimum atomic E-state index is -0.941. The number of fused-ring (bicyclic) bond motifs is 1. The second kappa shape index (κ2) is 5.78. The molecule has 6 heteroatoms. The van der Waals surface area contributed by atoms with Crippen molar-refractivity contribution in [2.75, 3.05) is 13.1 Å². The molecule has 2 heterocycles. The molecule has 126 valence electrons. The molecule has 0 radical (unpaired) electrons. The SMILES string of the molecule is Cn1c(=O)cc(C(=O)N2CCCC(C)(C(=O)O)C2)c2ccccc21. The minimum Gasteiger partial charge on any atom is -0.481 e. The Bertz CT molecular complexity index is 886. The maximum absolute atomic E-state index is 13.0. The van der Waals surface area contributed by atoms with Crippen molar-refractivity contribution in [3.05, 3.63) is 46.2 Å². The zero-order valence-electron chi connectivity index (χ0n) is 13.8. The summed E-state index contributed by atoms with van der Waals surface area (Å²) in [6.45, 7) is 2.33. The Kier molecular flexibility index (Phi) is 3.91. The summed E-state index contributed by atoms with van der Waals surface area (Å²) in [5.74, 6) is -1.18. The van der Waals surface area contributed by atoms with Gasteiger partial charge in [-0.15, -0.1) is 0 Å². The number of aryl methyl sites for hydroxylation is 1. The lowest BCUT2D eigenvalue weighted by Gasteiger charge is -2.37. The molecule has 0 bridgehead atoms. The van der Waals surface area contributed by atoms with Gasteiger partial charge in [0.15, 0.2) is 0 Å². The van der Waals surface area contributed by atoms with E-state index in [0.717, 1.165) is 0 Å². The number of carboxylic acid groups (broad SMARTS) is 1. The normalized spacial score (nSPS) is 21.0. The van der Waals surface area contributed by atoms with Crippen LogP contribution in [0.5, 0.6) is 0 Å². The maximum Gasteiger partial charge on any atom is 0.311 e. The Morgan fingerprint density at radius 3 is 2.67 bits per heavy atom. The van der Waals surface area contributed by atoms with Crippen LogP contribution < -0.4 is 5.56 Å². The summed E-state index contributed by atoms with van der Waals surface area (Å²) in [5, 5.41) is 10.1. The van der Waals surface area contributed by atoms with Crippen molar-refractivity contribution in [3.8, 4) is 0 Å². The molecule has 1 fully saturated rings. The third-order valence-electron chi connectivity index (χ3n) is 4.88. The fourth-order valence-corrected chi connectivity index (χ4v) is 3.35. The van der Waals surface area contributed by atoms with E-state index in [-0.39, 0.29) is 18.0 Å². The summed E-state index contributed by atoms with van der Waals surface area (Å²) in [4.78, 5) is 38.2. The van der Waals surface area contributed by atoms with E-state index in [0.29, 0.717) is 35.9 Å². The number of hydrogen-bond acceptors (Lipinski definition) is 3. The Morgan fingerprint density at radius 2 is 1.96 bits per heavy atom. The number of benzene rings is 1. The van der Waals surface area contributed by atoms with Crippen molar-refractivity contribution in [1.29, 1.82) is 0 Å². The number of para-hydroxylation sites is 1. The van der Waals surface area contributed by atoms with Gasteiger partial charge in [0.2, 0.25) is 0 Å². The molecular formula is C18H20N2O4.